The van der Waals surface area contributed by atoms with E-state index in [0.717, 1.165) is 0 Å². The summed E-state index contributed by atoms with van der Waals surface area (Å²) in [6.07, 6.45) is 0.179. The predicted molar refractivity (Wildman–Crippen MR) is 85.5 cm³/mol. The van der Waals surface area contributed by atoms with E-state index in [4.69, 9.17) is 11.6 Å². The van der Waals surface area contributed by atoms with Crippen LogP contribution in [0.2, 0.25) is 5.02 Å². The maximum absolute atomic E-state index is 13.9. The summed E-state index contributed by atoms with van der Waals surface area (Å²) in [6, 6.07) is 4.78. The molecular formula is C15H15BrClFN2O. The molecule has 0 amide bonds. The Morgan fingerprint density at radius 1 is 1.38 bits per heavy atom. The second kappa shape index (κ2) is 5.89. The second-order valence-corrected chi connectivity index (χ2v) is 7.02. The zero-order chi connectivity index (χ0) is 15.8. The maximum Gasteiger partial charge on any atom is 0.265 e. The summed E-state index contributed by atoms with van der Waals surface area (Å²) in [5.74, 6) is -0.0728. The molecule has 0 aliphatic carbocycles. The van der Waals surface area contributed by atoms with Crippen molar-refractivity contribution in [1.82, 2.24) is 9.97 Å². The van der Waals surface area contributed by atoms with E-state index in [1.807, 2.05) is 20.8 Å². The summed E-state index contributed by atoms with van der Waals surface area (Å²) >= 11 is 9.03. The molecule has 1 aromatic heterocycles. The van der Waals surface area contributed by atoms with E-state index in [-0.39, 0.29) is 22.4 Å². The van der Waals surface area contributed by atoms with Gasteiger partial charge in [0.25, 0.3) is 5.56 Å². The summed E-state index contributed by atoms with van der Waals surface area (Å²) in [7, 11) is 0. The fourth-order valence-corrected chi connectivity index (χ4v) is 2.93. The molecule has 3 nitrogen and oxygen atoms in total. The predicted octanol–water partition coefficient (Wildman–Crippen LogP) is 4.21. The van der Waals surface area contributed by atoms with E-state index in [0.29, 0.717) is 21.6 Å². The van der Waals surface area contributed by atoms with Crippen molar-refractivity contribution in [1.29, 1.82) is 0 Å². The molecule has 6 heteroatoms. The van der Waals surface area contributed by atoms with E-state index >= 15 is 0 Å². The lowest BCUT2D eigenvalue weighted by molar-refractivity contribution is 0.556. The molecule has 1 N–H and O–H groups in total. The number of hydrogen-bond acceptors (Lipinski definition) is 2. The molecule has 0 atom stereocenters. The molecule has 0 radical (unpaired) electrons. The molecule has 0 saturated heterocycles. The van der Waals surface area contributed by atoms with Gasteiger partial charge in [-0.05, 0) is 27.6 Å². The van der Waals surface area contributed by atoms with Crippen LogP contribution in [0.25, 0.3) is 0 Å². The molecule has 0 aliphatic heterocycles. The van der Waals surface area contributed by atoms with Gasteiger partial charge in [0.15, 0.2) is 0 Å². The van der Waals surface area contributed by atoms with Gasteiger partial charge in [0.05, 0.1) is 10.7 Å². The van der Waals surface area contributed by atoms with Gasteiger partial charge in [0.2, 0.25) is 0 Å². The Labute approximate surface area is 135 Å². The summed E-state index contributed by atoms with van der Waals surface area (Å²) in [6.45, 7) is 5.88. The highest BCUT2D eigenvalue weighted by molar-refractivity contribution is 9.10. The summed E-state index contributed by atoms with van der Waals surface area (Å²) in [4.78, 5) is 19.1. The summed E-state index contributed by atoms with van der Waals surface area (Å²) in [5.41, 5.74) is 0.471. The highest BCUT2D eigenvalue weighted by Crippen LogP contribution is 2.26. The largest absolute Gasteiger partial charge is 0.309 e. The van der Waals surface area contributed by atoms with Crippen LogP contribution in [-0.4, -0.2) is 9.97 Å². The lowest BCUT2D eigenvalue weighted by atomic mass is 9.92. The van der Waals surface area contributed by atoms with Crippen LogP contribution < -0.4 is 5.56 Å². The van der Waals surface area contributed by atoms with E-state index in [2.05, 4.69) is 25.9 Å². The molecule has 2 aromatic rings. The molecule has 0 fully saturated rings. The summed E-state index contributed by atoms with van der Waals surface area (Å²) in [5, 5.41) is 0.0583. The van der Waals surface area contributed by atoms with Crippen LogP contribution in [0, 0.1) is 5.82 Å². The minimum absolute atomic E-state index is 0.0583. The van der Waals surface area contributed by atoms with Crippen LogP contribution in [0.15, 0.2) is 27.5 Å². The van der Waals surface area contributed by atoms with Crippen LogP contribution in [0.3, 0.4) is 0 Å². The molecular weight excluding hydrogens is 359 g/mol. The molecule has 0 spiro atoms. The molecule has 112 valence electrons. The number of hydrogen-bond donors (Lipinski definition) is 1. The minimum Gasteiger partial charge on any atom is -0.309 e. The Balaban J connectivity index is 2.49. The SMILES string of the molecule is CC(C)(C)c1nc(Cc2cccc(Cl)c2F)[nH]c(=O)c1Br. The van der Waals surface area contributed by atoms with Crippen LogP contribution in [0.4, 0.5) is 4.39 Å². The van der Waals surface area contributed by atoms with Gasteiger partial charge in [-0.3, -0.25) is 4.79 Å². The van der Waals surface area contributed by atoms with Crippen LogP contribution in [0.1, 0.15) is 37.9 Å². The number of rotatable bonds is 2. The second-order valence-electron chi connectivity index (χ2n) is 5.81. The number of aromatic nitrogens is 2. The fourth-order valence-electron chi connectivity index (χ4n) is 1.95. The smallest absolute Gasteiger partial charge is 0.265 e. The zero-order valence-corrected chi connectivity index (χ0v) is 14.3. The van der Waals surface area contributed by atoms with Crippen molar-refractivity contribution in [3.63, 3.8) is 0 Å². The Bertz CT molecular complexity index is 737. The fraction of sp³-hybridized carbons (Fsp3) is 0.333. The van der Waals surface area contributed by atoms with Gasteiger partial charge in [-0.2, -0.15) is 0 Å². The average Bonchev–Trinajstić information content (AvgIpc) is 2.37. The van der Waals surface area contributed by atoms with Crippen molar-refractivity contribution in [3.8, 4) is 0 Å². The van der Waals surface area contributed by atoms with Gasteiger partial charge < -0.3 is 4.98 Å². The molecule has 21 heavy (non-hydrogen) atoms. The third-order valence-electron chi connectivity index (χ3n) is 3.01. The van der Waals surface area contributed by atoms with Crippen molar-refractivity contribution < 1.29 is 4.39 Å². The van der Waals surface area contributed by atoms with Gasteiger partial charge in [-0.15, -0.1) is 0 Å². The lowest BCUT2D eigenvalue weighted by Gasteiger charge is -2.19. The molecule has 1 aromatic carbocycles. The number of halogens is 3. The van der Waals surface area contributed by atoms with Gasteiger partial charge in [0, 0.05) is 11.8 Å². The minimum atomic E-state index is -0.484. The standard InChI is InChI=1S/C15H15BrClFN2O/c1-15(2,3)13-11(16)14(21)20-10(19-13)7-8-5-4-6-9(17)12(8)18/h4-6H,7H2,1-3H3,(H,19,20,21). The first-order chi connectivity index (χ1) is 9.70. The number of H-pyrrole nitrogens is 1. The normalized spacial score (nSPS) is 11.7. The molecule has 2 rings (SSSR count). The lowest BCUT2D eigenvalue weighted by Crippen LogP contribution is -2.23. The molecule has 0 unspecified atom stereocenters. The van der Waals surface area contributed by atoms with E-state index in [1.165, 1.54) is 6.07 Å². The van der Waals surface area contributed by atoms with Crippen LogP contribution in [-0.2, 0) is 11.8 Å². The van der Waals surface area contributed by atoms with Crippen LogP contribution >= 0.6 is 27.5 Å². The molecule has 0 aliphatic rings. The topological polar surface area (TPSA) is 45.8 Å². The average molecular weight is 374 g/mol. The van der Waals surface area contributed by atoms with E-state index in [9.17, 15) is 9.18 Å². The number of aromatic amines is 1. The van der Waals surface area contributed by atoms with Crippen LogP contribution in [0.5, 0.6) is 0 Å². The van der Waals surface area contributed by atoms with Gasteiger partial charge in [0.1, 0.15) is 16.1 Å². The van der Waals surface area contributed by atoms with Crippen molar-refractivity contribution >= 4 is 27.5 Å². The van der Waals surface area contributed by atoms with E-state index < -0.39 is 5.82 Å². The first kappa shape index (κ1) is 16.2. The zero-order valence-electron chi connectivity index (χ0n) is 11.9. The quantitative estimate of drug-likeness (QED) is 0.857. The highest BCUT2D eigenvalue weighted by Gasteiger charge is 2.22. The maximum atomic E-state index is 13.9. The molecule has 1 heterocycles. The van der Waals surface area contributed by atoms with Crippen molar-refractivity contribution in [2.45, 2.75) is 32.6 Å². The molecule has 0 bridgehead atoms. The monoisotopic (exact) mass is 372 g/mol. The van der Waals surface area contributed by atoms with Crippen molar-refractivity contribution in [2.75, 3.05) is 0 Å². The molecule has 0 saturated carbocycles. The number of nitrogens with zero attached hydrogens (tertiary/aromatic N) is 1. The van der Waals surface area contributed by atoms with Gasteiger partial charge >= 0.3 is 0 Å². The Morgan fingerprint density at radius 2 is 2.05 bits per heavy atom. The van der Waals surface area contributed by atoms with E-state index in [1.54, 1.807) is 12.1 Å². The van der Waals surface area contributed by atoms with Crippen molar-refractivity contribution in [3.05, 3.63) is 60.9 Å². The van der Waals surface area contributed by atoms with Gasteiger partial charge in [-0.25, -0.2) is 9.37 Å². The van der Waals surface area contributed by atoms with Gasteiger partial charge in [-0.1, -0.05) is 44.5 Å². The number of nitrogens with one attached hydrogen (secondary N) is 1. The Morgan fingerprint density at radius 3 is 2.67 bits per heavy atom. The Hall–Kier alpha value is -1.20. The third kappa shape index (κ3) is 3.52. The first-order valence-corrected chi connectivity index (χ1v) is 7.59. The number of benzene rings is 1. The van der Waals surface area contributed by atoms with Crippen molar-refractivity contribution in [2.24, 2.45) is 0 Å². The Kier molecular flexibility index (Phi) is 4.54. The summed E-state index contributed by atoms with van der Waals surface area (Å²) < 4.78 is 14.3. The first-order valence-electron chi connectivity index (χ1n) is 6.42. The highest BCUT2D eigenvalue weighted by atomic mass is 79.9. The third-order valence-corrected chi connectivity index (χ3v) is 4.04.